The van der Waals surface area contributed by atoms with E-state index in [9.17, 15) is 9.59 Å². The Morgan fingerprint density at radius 1 is 1.28 bits per heavy atom. The number of carbonyl (C=O) groups is 2. The highest BCUT2D eigenvalue weighted by atomic mass is 16.5. The first-order valence-electron chi connectivity index (χ1n) is 6.09. The number of urea groups is 1. The van der Waals surface area contributed by atoms with Crippen LogP contribution in [0.1, 0.15) is 27.2 Å². The summed E-state index contributed by atoms with van der Waals surface area (Å²) in [7, 11) is 3.28. The van der Waals surface area contributed by atoms with Crippen LogP contribution in [0, 0.1) is 0 Å². The molecule has 2 atom stereocenters. The van der Waals surface area contributed by atoms with Crippen molar-refractivity contribution in [3.63, 3.8) is 0 Å². The van der Waals surface area contributed by atoms with Gasteiger partial charge in [-0.25, -0.2) is 4.79 Å². The molecule has 2 unspecified atom stereocenters. The molecule has 0 saturated carbocycles. The highest BCUT2D eigenvalue weighted by Crippen LogP contribution is 2.09. The van der Waals surface area contributed by atoms with Crippen LogP contribution in [-0.4, -0.2) is 66.3 Å². The number of hydrogen-bond acceptors (Lipinski definition) is 3. The van der Waals surface area contributed by atoms with Gasteiger partial charge >= 0.3 is 12.0 Å². The van der Waals surface area contributed by atoms with Crippen LogP contribution in [0.25, 0.3) is 0 Å². The summed E-state index contributed by atoms with van der Waals surface area (Å²) in [6, 6.07) is -0.540. The van der Waals surface area contributed by atoms with E-state index in [1.165, 1.54) is 0 Å². The summed E-state index contributed by atoms with van der Waals surface area (Å²) in [5.74, 6) is -0.902. The van der Waals surface area contributed by atoms with Crippen molar-refractivity contribution >= 4 is 12.0 Å². The first-order valence-corrected chi connectivity index (χ1v) is 6.09. The van der Waals surface area contributed by atoms with Gasteiger partial charge < -0.3 is 19.6 Å². The first-order chi connectivity index (χ1) is 8.34. The lowest BCUT2D eigenvalue weighted by molar-refractivity contribution is -0.138. The molecule has 0 aliphatic rings. The first kappa shape index (κ1) is 16.7. The molecule has 0 aromatic carbocycles. The van der Waals surface area contributed by atoms with E-state index in [4.69, 9.17) is 9.84 Å². The predicted octanol–water partition coefficient (Wildman–Crippen LogP) is 1.26. The van der Waals surface area contributed by atoms with Crippen molar-refractivity contribution in [2.45, 2.75) is 39.3 Å². The van der Waals surface area contributed by atoms with Crippen molar-refractivity contribution in [1.82, 2.24) is 9.80 Å². The van der Waals surface area contributed by atoms with E-state index >= 15 is 0 Å². The number of methoxy groups -OCH3 is 1. The summed E-state index contributed by atoms with van der Waals surface area (Å²) >= 11 is 0. The van der Waals surface area contributed by atoms with Crippen molar-refractivity contribution in [2.75, 3.05) is 27.3 Å². The second-order valence-electron chi connectivity index (χ2n) is 4.43. The molecule has 106 valence electrons. The molecule has 0 fully saturated rings. The average molecular weight is 260 g/mol. The Morgan fingerprint density at radius 2 is 1.83 bits per heavy atom. The van der Waals surface area contributed by atoms with E-state index in [0.717, 1.165) is 0 Å². The molecular weight excluding hydrogens is 236 g/mol. The van der Waals surface area contributed by atoms with Crippen LogP contribution in [0.4, 0.5) is 4.79 Å². The molecule has 0 aliphatic carbocycles. The quantitative estimate of drug-likeness (QED) is 0.748. The van der Waals surface area contributed by atoms with Gasteiger partial charge in [0.1, 0.15) is 0 Å². The van der Waals surface area contributed by atoms with E-state index in [1.54, 1.807) is 30.9 Å². The van der Waals surface area contributed by atoms with E-state index in [2.05, 4.69) is 0 Å². The van der Waals surface area contributed by atoms with Crippen molar-refractivity contribution in [3.8, 4) is 0 Å². The molecular formula is C12H24N2O4. The minimum Gasteiger partial charge on any atom is -0.481 e. The van der Waals surface area contributed by atoms with E-state index in [0.29, 0.717) is 13.2 Å². The second kappa shape index (κ2) is 7.92. The van der Waals surface area contributed by atoms with Gasteiger partial charge in [0, 0.05) is 26.7 Å². The van der Waals surface area contributed by atoms with Gasteiger partial charge in [0.2, 0.25) is 0 Å². The van der Waals surface area contributed by atoms with Gasteiger partial charge in [0.25, 0.3) is 0 Å². The number of aliphatic carboxylic acids is 1. The normalized spacial score (nSPS) is 13.8. The second-order valence-corrected chi connectivity index (χ2v) is 4.43. The fourth-order valence-electron chi connectivity index (χ4n) is 1.74. The molecule has 0 radical (unpaired) electrons. The van der Waals surface area contributed by atoms with Crippen LogP contribution in [0.2, 0.25) is 0 Å². The number of carboxylic acid groups (broad SMARTS) is 1. The fourth-order valence-corrected chi connectivity index (χ4v) is 1.74. The Labute approximate surface area is 109 Å². The van der Waals surface area contributed by atoms with Crippen molar-refractivity contribution in [3.05, 3.63) is 0 Å². The number of nitrogens with zero attached hydrogens (tertiary/aromatic N) is 2. The third-order valence-corrected chi connectivity index (χ3v) is 2.96. The van der Waals surface area contributed by atoms with Gasteiger partial charge in [-0.15, -0.1) is 0 Å². The summed E-state index contributed by atoms with van der Waals surface area (Å²) in [5.41, 5.74) is 0. The maximum Gasteiger partial charge on any atom is 0.320 e. The Morgan fingerprint density at radius 3 is 2.22 bits per heavy atom. The van der Waals surface area contributed by atoms with Gasteiger partial charge in [-0.05, 0) is 20.8 Å². The lowest BCUT2D eigenvalue weighted by Crippen LogP contribution is -2.50. The molecule has 18 heavy (non-hydrogen) atoms. The average Bonchev–Trinajstić information content (AvgIpc) is 2.28. The molecule has 2 amide bonds. The number of amides is 2. The monoisotopic (exact) mass is 260 g/mol. The Hall–Kier alpha value is -1.30. The number of carbonyl (C=O) groups excluding carboxylic acids is 1. The molecule has 6 nitrogen and oxygen atoms in total. The lowest BCUT2D eigenvalue weighted by atomic mass is 10.2. The highest BCUT2D eigenvalue weighted by Gasteiger charge is 2.25. The number of rotatable bonds is 7. The van der Waals surface area contributed by atoms with Gasteiger partial charge in [0.15, 0.2) is 0 Å². The maximum atomic E-state index is 12.2. The molecule has 0 rings (SSSR count). The fraction of sp³-hybridized carbons (Fsp3) is 0.833. The molecule has 6 heteroatoms. The topological polar surface area (TPSA) is 70.1 Å². The number of hydrogen-bond donors (Lipinski definition) is 1. The largest absolute Gasteiger partial charge is 0.481 e. The van der Waals surface area contributed by atoms with E-state index < -0.39 is 5.97 Å². The van der Waals surface area contributed by atoms with Crippen LogP contribution in [0.15, 0.2) is 0 Å². The van der Waals surface area contributed by atoms with Crippen molar-refractivity contribution in [1.29, 1.82) is 0 Å². The minimum atomic E-state index is -0.902. The zero-order valence-corrected chi connectivity index (χ0v) is 11.8. The summed E-state index contributed by atoms with van der Waals surface area (Å²) in [6.45, 7) is 6.40. The summed E-state index contributed by atoms with van der Waals surface area (Å²) in [4.78, 5) is 26.0. The van der Waals surface area contributed by atoms with Gasteiger partial charge in [-0.1, -0.05) is 0 Å². The highest BCUT2D eigenvalue weighted by molar-refractivity contribution is 5.76. The standard InChI is InChI=1S/C12H24N2O4/c1-6-14(9(2)7-11(15)16)12(17)13(4)10(3)8-18-5/h9-10H,6-8H2,1-5H3,(H,15,16). The lowest BCUT2D eigenvalue weighted by Gasteiger charge is -2.34. The van der Waals surface area contributed by atoms with Crippen molar-refractivity contribution < 1.29 is 19.4 Å². The summed E-state index contributed by atoms with van der Waals surface area (Å²) < 4.78 is 5.01. The van der Waals surface area contributed by atoms with Crippen LogP contribution in [0.5, 0.6) is 0 Å². The van der Waals surface area contributed by atoms with Gasteiger partial charge in [0.05, 0.1) is 19.1 Å². The molecule has 0 aromatic heterocycles. The molecule has 0 bridgehead atoms. The number of likely N-dealkylation sites (N-methyl/N-ethyl adjacent to an activating group) is 1. The van der Waals surface area contributed by atoms with Crippen LogP contribution < -0.4 is 0 Å². The molecule has 1 N–H and O–H groups in total. The molecule has 0 saturated heterocycles. The summed E-state index contributed by atoms with van der Waals surface area (Å²) in [5, 5.41) is 8.77. The molecule has 0 spiro atoms. The van der Waals surface area contributed by atoms with Crippen LogP contribution in [0.3, 0.4) is 0 Å². The van der Waals surface area contributed by atoms with Gasteiger partial charge in [-0.3, -0.25) is 4.79 Å². The SMILES string of the molecule is CCN(C(=O)N(C)C(C)COC)C(C)CC(=O)O. The van der Waals surface area contributed by atoms with Crippen LogP contribution >= 0.6 is 0 Å². The predicted molar refractivity (Wildman–Crippen MR) is 68.6 cm³/mol. The van der Waals surface area contributed by atoms with Gasteiger partial charge in [-0.2, -0.15) is 0 Å². The third kappa shape index (κ3) is 4.91. The number of ether oxygens (including phenoxy) is 1. The molecule has 0 aromatic rings. The Balaban J connectivity index is 4.64. The maximum absolute atomic E-state index is 12.2. The number of carboxylic acids is 1. The van der Waals surface area contributed by atoms with E-state index in [-0.39, 0.29) is 24.5 Å². The Kier molecular flexibility index (Phi) is 7.35. The third-order valence-electron chi connectivity index (χ3n) is 2.96. The van der Waals surface area contributed by atoms with Crippen LogP contribution in [-0.2, 0) is 9.53 Å². The molecule has 0 aliphatic heterocycles. The zero-order valence-electron chi connectivity index (χ0n) is 11.8. The minimum absolute atomic E-state index is 0.0476. The zero-order chi connectivity index (χ0) is 14.3. The smallest absolute Gasteiger partial charge is 0.320 e. The summed E-state index contributed by atoms with van der Waals surface area (Å²) in [6.07, 6.45) is -0.0495. The van der Waals surface area contributed by atoms with Crippen molar-refractivity contribution in [2.24, 2.45) is 0 Å². The Bertz CT molecular complexity index is 283. The molecule has 0 heterocycles. The van der Waals surface area contributed by atoms with E-state index in [1.807, 2.05) is 13.8 Å².